The fourth-order valence-electron chi connectivity index (χ4n) is 6.23. The summed E-state index contributed by atoms with van der Waals surface area (Å²) in [6.07, 6.45) is 14.7. The molecule has 0 spiro atoms. The van der Waals surface area contributed by atoms with Crippen molar-refractivity contribution in [1.29, 1.82) is 0 Å². The predicted octanol–water partition coefficient (Wildman–Crippen LogP) is 8.51. The third-order valence-corrected chi connectivity index (χ3v) is 10.4. The highest BCUT2D eigenvalue weighted by molar-refractivity contribution is 4.80. The highest BCUT2D eigenvalue weighted by atomic mass is 16.5. The zero-order valence-electron chi connectivity index (χ0n) is 30.8. The van der Waals surface area contributed by atoms with E-state index in [0.717, 1.165) is 101 Å². The fraction of sp³-hybridized carbons (Fsp3) is 1.00. The number of quaternary nitrogens is 2. The van der Waals surface area contributed by atoms with E-state index in [4.69, 9.17) is 18.9 Å². The molecule has 0 unspecified atom stereocenters. The van der Waals surface area contributed by atoms with Gasteiger partial charge in [0, 0.05) is 25.2 Å². The molecule has 0 fully saturated rings. The lowest BCUT2D eigenvalue weighted by molar-refractivity contribution is -0.923. The number of rotatable bonds is 34. The molecule has 0 N–H and O–H groups in total. The molecule has 0 heterocycles. The van der Waals surface area contributed by atoms with Gasteiger partial charge in [0.1, 0.15) is 13.1 Å². The van der Waals surface area contributed by atoms with Crippen LogP contribution >= 0.6 is 0 Å². The summed E-state index contributed by atoms with van der Waals surface area (Å²) in [5, 5.41) is 0. The van der Waals surface area contributed by atoms with Crippen molar-refractivity contribution in [1.82, 2.24) is 0 Å². The average molecular weight is 617 g/mol. The van der Waals surface area contributed by atoms with Crippen molar-refractivity contribution >= 4 is 0 Å². The summed E-state index contributed by atoms with van der Waals surface area (Å²) in [5.74, 6) is 0. The van der Waals surface area contributed by atoms with E-state index in [0.29, 0.717) is 0 Å². The van der Waals surface area contributed by atoms with Gasteiger partial charge in [-0.05, 0) is 67.2 Å². The summed E-state index contributed by atoms with van der Waals surface area (Å²) in [4.78, 5) is 0. The number of unbranched alkanes of at least 4 members (excludes halogenated alkanes) is 8. The maximum Gasteiger partial charge on any atom is 0.102 e. The van der Waals surface area contributed by atoms with E-state index in [9.17, 15) is 0 Å². The molecule has 0 saturated carbocycles. The fourth-order valence-corrected chi connectivity index (χ4v) is 6.23. The van der Waals surface area contributed by atoms with Crippen LogP contribution in [0.1, 0.15) is 132 Å². The van der Waals surface area contributed by atoms with Crippen LogP contribution in [0.5, 0.6) is 0 Å². The van der Waals surface area contributed by atoms with Gasteiger partial charge in [-0.1, -0.05) is 65.2 Å². The van der Waals surface area contributed by atoms with Gasteiger partial charge in [0.15, 0.2) is 0 Å². The Bertz CT molecular complexity index is 514. The molecule has 43 heavy (non-hydrogen) atoms. The molecule has 0 aliphatic carbocycles. The molecule has 0 radical (unpaired) electrons. The Kier molecular flexibility index (Phi) is 27.9. The third kappa shape index (κ3) is 19.8. The quantitative estimate of drug-likeness (QED) is 0.0537. The van der Waals surface area contributed by atoms with Crippen LogP contribution in [-0.2, 0) is 18.9 Å². The SMILES string of the molecule is CCCCCCCCOCC(CCCCCOCCCC)(COCC[N+](CC)(CC)CC)COCC[N+](CC)(CC)CC. The van der Waals surface area contributed by atoms with E-state index in [1.807, 2.05) is 0 Å². The second kappa shape index (κ2) is 28.0. The Balaban J connectivity index is 5.36. The molecular weight excluding hydrogens is 536 g/mol. The summed E-state index contributed by atoms with van der Waals surface area (Å²) in [7, 11) is 0. The Morgan fingerprint density at radius 2 is 0.744 bits per heavy atom. The molecule has 0 aliphatic rings. The van der Waals surface area contributed by atoms with E-state index in [2.05, 4.69) is 55.4 Å². The zero-order valence-corrected chi connectivity index (χ0v) is 30.8. The third-order valence-electron chi connectivity index (χ3n) is 10.4. The molecule has 0 aromatic rings. The monoisotopic (exact) mass is 617 g/mol. The molecular formula is C37H80N2O4+2. The molecule has 0 aromatic carbocycles. The second-order valence-corrected chi connectivity index (χ2v) is 13.2. The van der Waals surface area contributed by atoms with Crippen LogP contribution < -0.4 is 0 Å². The van der Waals surface area contributed by atoms with Crippen molar-refractivity contribution in [3.63, 3.8) is 0 Å². The maximum absolute atomic E-state index is 6.56. The van der Waals surface area contributed by atoms with E-state index >= 15 is 0 Å². The van der Waals surface area contributed by atoms with E-state index < -0.39 is 0 Å². The molecule has 0 amide bonds. The molecule has 0 rings (SSSR count). The van der Waals surface area contributed by atoms with Crippen molar-refractivity contribution in [3.8, 4) is 0 Å². The first kappa shape index (κ1) is 42.8. The standard InChI is InChI=1S/C37H80N2O4/c1-9-17-19-20-21-24-31-41-34-37(26-23-22-25-30-40-29-18-10-2,35-42-32-27-38(11-3,12-4)13-5)36-43-33-28-39(14-6,15-7)16-8/h9-36H2,1-8H3/q+2. The largest absolute Gasteiger partial charge is 0.381 e. The smallest absolute Gasteiger partial charge is 0.102 e. The Morgan fingerprint density at radius 3 is 1.21 bits per heavy atom. The van der Waals surface area contributed by atoms with Gasteiger partial charge in [-0.2, -0.15) is 0 Å². The predicted molar refractivity (Wildman–Crippen MR) is 186 cm³/mol. The molecule has 6 heteroatoms. The first-order valence-electron chi connectivity index (χ1n) is 18.9. The Hall–Kier alpha value is -0.240. The van der Waals surface area contributed by atoms with Gasteiger partial charge in [-0.3, -0.25) is 0 Å². The summed E-state index contributed by atoms with van der Waals surface area (Å²) >= 11 is 0. The topological polar surface area (TPSA) is 36.9 Å². The van der Waals surface area contributed by atoms with Gasteiger partial charge < -0.3 is 27.9 Å². The highest BCUT2D eigenvalue weighted by Crippen LogP contribution is 2.28. The summed E-state index contributed by atoms with van der Waals surface area (Å²) < 4.78 is 27.7. The van der Waals surface area contributed by atoms with Crippen molar-refractivity contribution < 1.29 is 27.9 Å². The van der Waals surface area contributed by atoms with Crippen LogP contribution in [0.2, 0.25) is 0 Å². The van der Waals surface area contributed by atoms with Crippen LogP contribution in [0.4, 0.5) is 0 Å². The van der Waals surface area contributed by atoms with Gasteiger partial charge in [-0.15, -0.1) is 0 Å². The minimum atomic E-state index is -0.0914. The second-order valence-electron chi connectivity index (χ2n) is 13.2. The highest BCUT2D eigenvalue weighted by Gasteiger charge is 2.32. The van der Waals surface area contributed by atoms with E-state index in [1.165, 1.54) is 90.6 Å². The Labute approximate surface area is 270 Å². The van der Waals surface area contributed by atoms with Gasteiger partial charge in [0.2, 0.25) is 0 Å². The minimum Gasteiger partial charge on any atom is -0.381 e. The number of hydrogen-bond acceptors (Lipinski definition) is 4. The lowest BCUT2D eigenvalue weighted by Gasteiger charge is -2.38. The van der Waals surface area contributed by atoms with Crippen LogP contribution in [0.15, 0.2) is 0 Å². The molecule has 0 atom stereocenters. The number of likely N-dealkylation sites (N-methyl/N-ethyl adjacent to an activating group) is 2. The molecule has 0 saturated heterocycles. The first-order valence-corrected chi connectivity index (χ1v) is 18.9. The van der Waals surface area contributed by atoms with Gasteiger partial charge in [-0.25, -0.2) is 0 Å². The van der Waals surface area contributed by atoms with Crippen molar-refractivity contribution in [2.75, 3.05) is 105 Å². The maximum atomic E-state index is 6.56. The molecule has 0 aliphatic heterocycles. The lowest BCUT2D eigenvalue weighted by atomic mass is 9.84. The normalized spacial score (nSPS) is 12.8. The van der Waals surface area contributed by atoms with Gasteiger partial charge in [0.25, 0.3) is 0 Å². The van der Waals surface area contributed by atoms with E-state index in [-0.39, 0.29) is 5.41 Å². The van der Waals surface area contributed by atoms with Crippen LogP contribution in [0.25, 0.3) is 0 Å². The molecule has 6 nitrogen and oxygen atoms in total. The van der Waals surface area contributed by atoms with Crippen molar-refractivity contribution in [2.24, 2.45) is 5.41 Å². The summed E-state index contributed by atoms with van der Waals surface area (Å²) in [6.45, 7) is 34.0. The minimum absolute atomic E-state index is 0.0914. The van der Waals surface area contributed by atoms with Crippen LogP contribution in [0.3, 0.4) is 0 Å². The van der Waals surface area contributed by atoms with E-state index in [1.54, 1.807) is 0 Å². The lowest BCUT2D eigenvalue weighted by Crippen LogP contribution is -2.50. The van der Waals surface area contributed by atoms with Crippen LogP contribution in [0, 0.1) is 5.41 Å². The van der Waals surface area contributed by atoms with Crippen LogP contribution in [-0.4, -0.2) is 114 Å². The first-order chi connectivity index (χ1) is 20.9. The Morgan fingerprint density at radius 1 is 0.372 bits per heavy atom. The summed E-state index contributed by atoms with van der Waals surface area (Å²) in [6, 6.07) is 0. The summed E-state index contributed by atoms with van der Waals surface area (Å²) in [5.41, 5.74) is -0.0914. The average Bonchev–Trinajstić information content (AvgIpc) is 3.04. The van der Waals surface area contributed by atoms with Gasteiger partial charge in [0.05, 0.1) is 72.3 Å². The van der Waals surface area contributed by atoms with Crippen molar-refractivity contribution in [3.05, 3.63) is 0 Å². The zero-order chi connectivity index (χ0) is 32.1. The molecule has 260 valence electrons. The number of nitrogens with zero attached hydrogens (tertiary/aromatic N) is 2. The van der Waals surface area contributed by atoms with Gasteiger partial charge >= 0.3 is 0 Å². The van der Waals surface area contributed by atoms with Crippen molar-refractivity contribution in [2.45, 2.75) is 132 Å². The molecule has 0 aromatic heterocycles. The number of ether oxygens (including phenoxy) is 4. The number of hydrogen-bond donors (Lipinski definition) is 0. The molecule has 0 bridgehead atoms.